The van der Waals surface area contributed by atoms with E-state index in [-0.39, 0.29) is 23.3 Å². The van der Waals surface area contributed by atoms with Crippen molar-refractivity contribution in [3.8, 4) is 11.5 Å². The lowest BCUT2D eigenvalue weighted by molar-refractivity contribution is -0.134. The van der Waals surface area contributed by atoms with Crippen LogP contribution in [0.5, 0.6) is 11.5 Å². The molecule has 4 fully saturated rings. The molecule has 1 N–H and O–H groups in total. The van der Waals surface area contributed by atoms with Crippen molar-refractivity contribution >= 4 is 39.2 Å². The number of fused-ring (bicyclic) bond motifs is 1. The molecule has 5 aliphatic rings. The number of anilines is 1. The van der Waals surface area contributed by atoms with Gasteiger partial charge in [-0.1, -0.05) is 30.3 Å². The molecule has 14 nitrogen and oxygen atoms in total. The van der Waals surface area contributed by atoms with Crippen molar-refractivity contribution in [2.24, 2.45) is 0 Å². The van der Waals surface area contributed by atoms with Crippen LogP contribution in [0.25, 0.3) is 0 Å². The summed E-state index contributed by atoms with van der Waals surface area (Å²) in [4.78, 5) is 63.0. The summed E-state index contributed by atoms with van der Waals surface area (Å²) in [6.45, 7) is 11.2. The average molecular weight is 869 g/mol. The Hall–Kier alpha value is -4.83. The first kappa shape index (κ1) is 43.8. The molecule has 5 heterocycles. The molecule has 0 spiro atoms. The van der Waals surface area contributed by atoms with Crippen molar-refractivity contribution < 1.29 is 37.1 Å². The van der Waals surface area contributed by atoms with E-state index in [0.29, 0.717) is 54.2 Å². The highest BCUT2D eigenvalue weighted by Crippen LogP contribution is 2.38. The van der Waals surface area contributed by atoms with E-state index >= 15 is 0 Å². The van der Waals surface area contributed by atoms with Crippen molar-refractivity contribution in [1.82, 2.24) is 24.9 Å². The lowest BCUT2D eigenvalue weighted by Crippen LogP contribution is -2.55. The zero-order valence-electron chi connectivity index (χ0n) is 36.2. The second-order valence-electron chi connectivity index (χ2n) is 17.5. The number of hydrogen-bond acceptors (Lipinski definition) is 12. The zero-order chi connectivity index (χ0) is 43.5. The normalized spacial score (nSPS) is 21.9. The molecule has 0 bridgehead atoms. The van der Waals surface area contributed by atoms with Crippen LogP contribution in [0.15, 0.2) is 60.7 Å². The number of methoxy groups -OCH3 is 1. The number of sulfone groups is 1. The molecule has 0 aromatic heterocycles. The number of hydrogen-bond donors (Lipinski definition) is 1. The van der Waals surface area contributed by atoms with Crippen LogP contribution in [0.3, 0.4) is 0 Å². The number of benzene rings is 3. The maximum absolute atomic E-state index is 14.0. The van der Waals surface area contributed by atoms with Crippen molar-refractivity contribution in [2.75, 3.05) is 89.5 Å². The smallest absolute Gasteiger partial charge is 0.262 e. The van der Waals surface area contributed by atoms with E-state index in [1.165, 1.54) is 25.5 Å². The Kier molecular flexibility index (Phi) is 13.3. The van der Waals surface area contributed by atoms with Gasteiger partial charge in [0.1, 0.15) is 9.84 Å². The average Bonchev–Trinajstić information content (AvgIpc) is 3.52. The predicted molar refractivity (Wildman–Crippen MR) is 237 cm³/mol. The van der Waals surface area contributed by atoms with Crippen molar-refractivity contribution in [1.29, 1.82) is 0 Å². The van der Waals surface area contributed by atoms with E-state index in [0.717, 1.165) is 101 Å². The molecule has 15 heteroatoms. The fourth-order valence-corrected chi connectivity index (χ4v) is 11.1. The number of piperazine rings is 1. The number of rotatable bonds is 14. The summed E-state index contributed by atoms with van der Waals surface area (Å²) >= 11 is 0. The fraction of sp³-hybridized carbons (Fsp3) is 0.532. The Bertz CT molecular complexity index is 2250. The summed E-state index contributed by atoms with van der Waals surface area (Å²) in [7, 11) is -2.08. The monoisotopic (exact) mass is 868 g/mol. The lowest BCUT2D eigenvalue weighted by atomic mass is 9.90. The Morgan fingerprint density at radius 2 is 1.40 bits per heavy atom. The van der Waals surface area contributed by atoms with Gasteiger partial charge in [-0.2, -0.15) is 0 Å². The summed E-state index contributed by atoms with van der Waals surface area (Å²) in [5.41, 5.74) is 4.19. The van der Waals surface area contributed by atoms with Gasteiger partial charge in [0, 0.05) is 63.2 Å². The summed E-state index contributed by atoms with van der Waals surface area (Å²) in [5.74, 6) is -1.15. The number of imide groups is 2. The van der Waals surface area contributed by atoms with Crippen LogP contribution in [-0.4, -0.2) is 148 Å². The highest BCUT2D eigenvalue weighted by molar-refractivity contribution is 7.90. The van der Waals surface area contributed by atoms with Crippen molar-refractivity contribution in [2.45, 2.75) is 75.9 Å². The van der Waals surface area contributed by atoms with Gasteiger partial charge >= 0.3 is 0 Å². The maximum atomic E-state index is 14.0. The second-order valence-corrected chi connectivity index (χ2v) is 19.7. The molecule has 2 atom stereocenters. The Balaban J connectivity index is 0.798. The van der Waals surface area contributed by atoms with Gasteiger partial charge in [-0.25, -0.2) is 8.42 Å². The van der Waals surface area contributed by atoms with E-state index in [2.05, 4.69) is 37.0 Å². The number of nitrogens with zero attached hydrogens (tertiary/aromatic N) is 5. The van der Waals surface area contributed by atoms with E-state index in [9.17, 15) is 27.6 Å². The molecule has 0 aliphatic carbocycles. The molecule has 1 unspecified atom stereocenters. The number of carbonyl (C=O) groups is 4. The Morgan fingerprint density at radius 3 is 2.05 bits per heavy atom. The van der Waals surface area contributed by atoms with Gasteiger partial charge in [0.2, 0.25) is 11.8 Å². The summed E-state index contributed by atoms with van der Waals surface area (Å²) in [6.07, 6.45) is 7.77. The second kappa shape index (κ2) is 18.9. The third-order valence-corrected chi connectivity index (χ3v) is 14.6. The number of likely N-dealkylation sites (tertiary alicyclic amines) is 2. The summed E-state index contributed by atoms with van der Waals surface area (Å²) in [6, 6.07) is 18.9. The number of amides is 4. The molecule has 4 saturated heterocycles. The molecule has 3 aromatic carbocycles. The van der Waals surface area contributed by atoms with Crippen LogP contribution in [0.4, 0.5) is 5.69 Å². The molecule has 62 heavy (non-hydrogen) atoms. The Labute approximate surface area is 365 Å². The standard InChI is InChI=1S/C47H60N6O8S/c1-4-61-43-29-34(9-13-42(43)60-2)41(31-62(3,58)59)53-46(56)39-11-10-37(30-40(39)47(53)57)52-27-25-51(26-28-52)36-18-23-50(24-19-36)35-16-21-49(22-17-35)20-15-32-5-7-33(8-6-32)38-12-14-44(54)48-45(38)55/h5-11,13,29-30,35-36,38,41H,4,12,14-28,31H2,1-3H3,(H,48,54,55)/t38?,41-/m1/s1. The molecular formula is C47H60N6O8S. The van der Waals surface area contributed by atoms with Crippen molar-refractivity contribution in [3.63, 3.8) is 0 Å². The zero-order valence-corrected chi connectivity index (χ0v) is 37.0. The van der Waals surface area contributed by atoms with E-state index in [4.69, 9.17) is 9.47 Å². The van der Waals surface area contributed by atoms with Crippen LogP contribution in [0, 0.1) is 0 Å². The number of nitrogens with one attached hydrogen (secondary N) is 1. The van der Waals surface area contributed by atoms with Crippen LogP contribution in [-0.2, 0) is 25.8 Å². The van der Waals surface area contributed by atoms with Crippen molar-refractivity contribution in [3.05, 3.63) is 88.5 Å². The van der Waals surface area contributed by atoms with Crippen LogP contribution >= 0.6 is 0 Å². The van der Waals surface area contributed by atoms with Gasteiger partial charge in [-0.05, 0) is 119 Å². The topological polar surface area (TPSA) is 149 Å². The number of ether oxygens (including phenoxy) is 2. The van der Waals surface area contributed by atoms with Gasteiger partial charge in [0.25, 0.3) is 11.8 Å². The first-order valence-electron chi connectivity index (χ1n) is 22.3. The minimum Gasteiger partial charge on any atom is -0.493 e. The Morgan fingerprint density at radius 1 is 0.742 bits per heavy atom. The third kappa shape index (κ3) is 9.70. The van der Waals surface area contributed by atoms with Crippen LogP contribution in [0.1, 0.15) is 94.8 Å². The molecule has 332 valence electrons. The maximum Gasteiger partial charge on any atom is 0.262 e. The van der Waals surface area contributed by atoms with Gasteiger partial charge in [-0.15, -0.1) is 0 Å². The molecule has 8 rings (SSSR count). The quantitative estimate of drug-likeness (QED) is 0.231. The van der Waals surface area contributed by atoms with Gasteiger partial charge in [0.05, 0.1) is 42.6 Å². The van der Waals surface area contributed by atoms with E-state index in [1.807, 2.05) is 25.1 Å². The molecular weight excluding hydrogens is 809 g/mol. The summed E-state index contributed by atoms with van der Waals surface area (Å²) in [5, 5.41) is 2.46. The van der Waals surface area contributed by atoms with Gasteiger partial charge in [0.15, 0.2) is 11.5 Å². The molecule has 5 aliphatic heterocycles. The first-order chi connectivity index (χ1) is 29.9. The SMILES string of the molecule is CCOc1cc([C@@H](CS(C)(=O)=O)N2C(=O)c3ccc(N4CCN(C5CCN(C6CCN(CCc7ccc(C8CCC(=O)NC8=O)cc7)CC6)CC5)CC4)cc3C2=O)ccc1OC. The molecule has 0 radical (unpaired) electrons. The molecule has 3 aromatic rings. The fourth-order valence-electron chi connectivity index (χ4n) is 10.2. The minimum atomic E-state index is -3.60. The number of piperidine rings is 3. The van der Waals surface area contributed by atoms with Gasteiger partial charge < -0.3 is 24.2 Å². The lowest BCUT2D eigenvalue weighted by Gasteiger charge is -2.46. The summed E-state index contributed by atoms with van der Waals surface area (Å²) < 4.78 is 36.5. The largest absolute Gasteiger partial charge is 0.493 e. The first-order valence-corrected chi connectivity index (χ1v) is 24.3. The van der Waals surface area contributed by atoms with Crippen LogP contribution < -0.4 is 19.7 Å². The third-order valence-electron chi connectivity index (χ3n) is 13.7. The van der Waals surface area contributed by atoms with E-state index < -0.39 is 33.4 Å². The molecule has 0 saturated carbocycles. The highest BCUT2D eigenvalue weighted by Gasteiger charge is 2.43. The molecule has 4 amide bonds. The minimum absolute atomic E-state index is 0.182. The number of carbonyl (C=O) groups excluding carboxylic acids is 4. The van der Waals surface area contributed by atoms with Gasteiger partial charge in [-0.3, -0.25) is 34.3 Å². The van der Waals surface area contributed by atoms with Crippen LogP contribution in [0.2, 0.25) is 0 Å². The van der Waals surface area contributed by atoms with E-state index in [1.54, 1.807) is 30.3 Å². The predicted octanol–water partition coefficient (Wildman–Crippen LogP) is 4.29. The highest BCUT2D eigenvalue weighted by atomic mass is 32.2.